The molecule has 0 amide bonds. The Hall–Kier alpha value is -1.58. The Bertz CT molecular complexity index is 493. The Morgan fingerprint density at radius 2 is 2.13 bits per heavy atom. The molecule has 0 spiro atoms. The van der Waals surface area contributed by atoms with Crippen LogP contribution in [-0.2, 0) is 6.42 Å². The molecule has 23 heavy (non-hydrogen) atoms. The van der Waals surface area contributed by atoms with Gasteiger partial charge in [-0.05, 0) is 37.3 Å². The SMILES string of the molecule is CCNC(=NCCc1ccccn1)NC1CC1C1CCCCC1. The number of nitrogens with one attached hydrogen (secondary N) is 2. The second-order valence-corrected chi connectivity index (χ2v) is 6.88. The zero-order valence-electron chi connectivity index (χ0n) is 14.3. The fraction of sp³-hybridized carbons (Fsp3) is 0.684. The monoisotopic (exact) mass is 314 g/mol. The molecular weight excluding hydrogens is 284 g/mol. The molecular formula is C19H30N4. The fourth-order valence-electron chi connectivity index (χ4n) is 3.79. The molecule has 1 heterocycles. The maximum atomic E-state index is 4.72. The number of nitrogens with zero attached hydrogens (tertiary/aromatic N) is 2. The summed E-state index contributed by atoms with van der Waals surface area (Å²) in [7, 11) is 0. The molecule has 2 unspecified atom stereocenters. The third-order valence-electron chi connectivity index (χ3n) is 5.13. The van der Waals surface area contributed by atoms with Gasteiger partial charge in [-0.2, -0.15) is 0 Å². The molecule has 2 fully saturated rings. The van der Waals surface area contributed by atoms with Gasteiger partial charge in [-0.1, -0.05) is 38.2 Å². The number of hydrogen-bond acceptors (Lipinski definition) is 2. The second kappa shape index (κ2) is 8.32. The van der Waals surface area contributed by atoms with Crippen LogP contribution in [-0.4, -0.2) is 30.1 Å². The van der Waals surface area contributed by atoms with Gasteiger partial charge < -0.3 is 10.6 Å². The molecule has 0 radical (unpaired) electrons. The molecule has 126 valence electrons. The Balaban J connectivity index is 1.46. The number of pyridine rings is 1. The molecule has 2 aliphatic rings. The molecule has 2 saturated carbocycles. The van der Waals surface area contributed by atoms with Crippen LogP contribution in [0.4, 0.5) is 0 Å². The molecule has 0 bridgehead atoms. The summed E-state index contributed by atoms with van der Waals surface area (Å²) in [6.07, 6.45) is 11.3. The topological polar surface area (TPSA) is 49.3 Å². The van der Waals surface area contributed by atoms with E-state index in [0.717, 1.165) is 43.0 Å². The van der Waals surface area contributed by atoms with Crippen LogP contribution < -0.4 is 10.6 Å². The van der Waals surface area contributed by atoms with Gasteiger partial charge >= 0.3 is 0 Å². The predicted octanol–water partition coefficient (Wildman–Crippen LogP) is 3.15. The molecule has 4 nitrogen and oxygen atoms in total. The first kappa shape index (κ1) is 16.3. The van der Waals surface area contributed by atoms with Crippen molar-refractivity contribution in [3.8, 4) is 0 Å². The van der Waals surface area contributed by atoms with Crippen molar-refractivity contribution in [3.63, 3.8) is 0 Å². The van der Waals surface area contributed by atoms with Crippen molar-refractivity contribution < 1.29 is 0 Å². The van der Waals surface area contributed by atoms with Crippen LogP contribution in [0.15, 0.2) is 29.4 Å². The average Bonchev–Trinajstić information content (AvgIpc) is 3.36. The average molecular weight is 314 g/mol. The largest absolute Gasteiger partial charge is 0.357 e. The first-order valence-electron chi connectivity index (χ1n) is 9.31. The van der Waals surface area contributed by atoms with Crippen LogP contribution in [0, 0.1) is 11.8 Å². The van der Waals surface area contributed by atoms with E-state index >= 15 is 0 Å². The summed E-state index contributed by atoms with van der Waals surface area (Å²) < 4.78 is 0. The molecule has 2 aliphatic carbocycles. The number of aromatic nitrogens is 1. The Kier molecular flexibility index (Phi) is 5.89. The number of hydrogen-bond donors (Lipinski definition) is 2. The van der Waals surface area contributed by atoms with E-state index in [-0.39, 0.29) is 0 Å². The van der Waals surface area contributed by atoms with Gasteiger partial charge in [-0.15, -0.1) is 0 Å². The van der Waals surface area contributed by atoms with Gasteiger partial charge in [0.15, 0.2) is 5.96 Å². The van der Waals surface area contributed by atoms with Gasteiger partial charge in [0.25, 0.3) is 0 Å². The predicted molar refractivity (Wildman–Crippen MR) is 95.5 cm³/mol. The molecule has 0 saturated heterocycles. The van der Waals surface area contributed by atoms with Crippen molar-refractivity contribution in [3.05, 3.63) is 30.1 Å². The van der Waals surface area contributed by atoms with Gasteiger partial charge in [0, 0.05) is 37.4 Å². The van der Waals surface area contributed by atoms with Crippen molar-refractivity contribution >= 4 is 5.96 Å². The van der Waals surface area contributed by atoms with E-state index in [1.165, 1.54) is 38.5 Å². The van der Waals surface area contributed by atoms with E-state index in [4.69, 9.17) is 4.99 Å². The standard InChI is InChI=1S/C19H30N4/c1-2-20-19(22-13-11-16-10-6-7-12-21-16)23-18-14-17(18)15-8-4-3-5-9-15/h6-7,10,12,15,17-18H,2-5,8-9,11,13-14H2,1H3,(H2,20,22,23). The zero-order valence-corrected chi connectivity index (χ0v) is 14.3. The second-order valence-electron chi connectivity index (χ2n) is 6.88. The zero-order chi connectivity index (χ0) is 15.9. The summed E-state index contributed by atoms with van der Waals surface area (Å²) in [5.41, 5.74) is 1.11. The quantitative estimate of drug-likeness (QED) is 0.626. The van der Waals surface area contributed by atoms with E-state index in [1.807, 2.05) is 18.3 Å². The van der Waals surface area contributed by atoms with Crippen molar-refractivity contribution in [2.45, 2.75) is 57.9 Å². The van der Waals surface area contributed by atoms with Crippen molar-refractivity contribution in [1.29, 1.82) is 0 Å². The third kappa shape index (κ3) is 4.95. The van der Waals surface area contributed by atoms with Crippen molar-refractivity contribution in [2.24, 2.45) is 16.8 Å². The lowest BCUT2D eigenvalue weighted by molar-refractivity contribution is 0.315. The number of aliphatic imine (C=N–C) groups is 1. The van der Waals surface area contributed by atoms with Crippen LogP contribution in [0.25, 0.3) is 0 Å². The molecule has 0 aliphatic heterocycles. The van der Waals surface area contributed by atoms with Crippen molar-refractivity contribution in [1.82, 2.24) is 15.6 Å². The summed E-state index contributed by atoms with van der Waals surface area (Å²) >= 11 is 0. The van der Waals surface area contributed by atoms with E-state index in [9.17, 15) is 0 Å². The normalized spacial score (nSPS) is 25.2. The Morgan fingerprint density at radius 1 is 1.26 bits per heavy atom. The van der Waals surface area contributed by atoms with E-state index in [0.29, 0.717) is 6.04 Å². The summed E-state index contributed by atoms with van der Waals surface area (Å²) in [6.45, 7) is 3.82. The van der Waals surface area contributed by atoms with E-state index in [2.05, 4.69) is 28.6 Å². The summed E-state index contributed by atoms with van der Waals surface area (Å²) in [4.78, 5) is 9.08. The van der Waals surface area contributed by atoms with Crippen LogP contribution in [0.1, 0.15) is 51.1 Å². The van der Waals surface area contributed by atoms with Gasteiger partial charge in [0.05, 0.1) is 0 Å². The van der Waals surface area contributed by atoms with Crippen LogP contribution in [0.3, 0.4) is 0 Å². The summed E-state index contributed by atoms with van der Waals surface area (Å²) in [5, 5.41) is 7.03. The van der Waals surface area contributed by atoms with E-state index in [1.54, 1.807) is 0 Å². The van der Waals surface area contributed by atoms with Crippen LogP contribution in [0.5, 0.6) is 0 Å². The maximum Gasteiger partial charge on any atom is 0.191 e. The highest BCUT2D eigenvalue weighted by molar-refractivity contribution is 5.80. The lowest BCUT2D eigenvalue weighted by atomic mass is 9.85. The molecule has 3 rings (SSSR count). The Morgan fingerprint density at radius 3 is 2.87 bits per heavy atom. The lowest BCUT2D eigenvalue weighted by Crippen LogP contribution is -2.39. The minimum Gasteiger partial charge on any atom is -0.357 e. The first-order chi connectivity index (χ1) is 11.4. The lowest BCUT2D eigenvalue weighted by Gasteiger charge is -2.22. The van der Waals surface area contributed by atoms with Gasteiger partial charge in [0.2, 0.25) is 0 Å². The van der Waals surface area contributed by atoms with E-state index < -0.39 is 0 Å². The fourth-order valence-corrected chi connectivity index (χ4v) is 3.79. The number of rotatable bonds is 6. The highest BCUT2D eigenvalue weighted by Gasteiger charge is 2.43. The Labute approximate surface area is 140 Å². The third-order valence-corrected chi connectivity index (χ3v) is 5.13. The highest BCUT2D eigenvalue weighted by Crippen LogP contribution is 2.44. The highest BCUT2D eigenvalue weighted by atomic mass is 15.2. The molecule has 4 heteroatoms. The number of guanidine groups is 1. The van der Waals surface area contributed by atoms with Gasteiger partial charge in [0.1, 0.15) is 0 Å². The smallest absolute Gasteiger partial charge is 0.191 e. The summed E-state index contributed by atoms with van der Waals surface area (Å²) in [6, 6.07) is 6.70. The molecule has 2 atom stereocenters. The molecule has 1 aromatic rings. The molecule has 0 aromatic carbocycles. The maximum absolute atomic E-state index is 4.72. The minimum absolute atomic E-state index is 0.644. The minimum atomic E-state index is 0.644. The van der Waals surface area contributed by atoms with Crippen LogP contribution >= 0.6 is 0 Å². The van der Waals surface area contributed by atoms with Crippen molar-refractivity contribution in [2.75, 3.05) is 13.1 Å². The van der Waals surface area contributed by atoms with Crippen LogP contribution in [0.2, 0.25) is 0 Å². The molecule has 2 N–H and O–H groups in total. The first-order valence-corrected chi connectivity index (χ1v) is 9.31. The van der Waals surface area contributed by atoms with Gasteiger partial charge in [-0.25, -0.2) is 0 Å². The summed E-state index contributed by atoms with van der Waals surface area (Å²) in [5.74, 6) is 2.82. The molecule has 1 aromatic heterocycles. The van der Waals surface area contributed by atoms with Gasteiger partial charge in [-0.3, -0.25) is 9.98 Å².